The van der Waals surface area contributed by atoms with Crippen LogP contribution >= 0.6 is 0 Å². The predicted octanol–water partition coefficient (Wildman–Crippen LogP) is 5.53. The molecule has 1 saturated heterocycles. The average molecular weight is 594 g/mol. The first-order chi connectivity index (χ1) is 21.2. The lowest BCUT2D eigenvalue weighted by molar-refractivity contribution is -0.130. The van der Waals surface area contributed by atoms with E-state index in [9.17, 15) is 9.59 Å². The SMILES string of the molecule is CC(C)(Oc1c(C2CCN(CCCCNC(=O)c3ccc(-c4ccc(C#N)cn4)cc3)CC2)ccc2c1CCCC2)C(N)=O. The number of aromatic nitrogens is 1. The molecule has 1 fully saturated rings. The van der Waals surface area contributed by atoms with Crippen LogP contribution in [0.25, 0.3) is 11.3 Å². The van der Waals surface area contributed by atoms with Crippen LogP contribution in [0, 0.1) is 11.3 Å². The number of ether oxygens (including phenoxy) is 1. The number of hydrogen-bond donors (Lipinski definition) is 2. The minimum Gasteiger partial charge on any atom is -0.477 e. The number of nitrogens with two attached hydrogens (primary N) is 1. The van der Waals surface area contributed by atoms with Crippen molar-refractivity contribution in [3.63, 3.8) is 0 Å². The van der Waals surface area contributed by atoms with Crippen molar-refractivity contribution in [2.45, 2.75) is 76.7 Å². The van der Waals surface area contributed by atoms with E-state index in [-0.39, 0.29) is 5.91 Å². The number of fused-ring (bicyclic) bond motifs is 1. The number of benzene rings is 2. The van der Waals surface area contributed by atoms with E-state index in [0.29, 0.717) is 23.6 Å². The standard InChI is InChI=1S/C36H43N5O3/c1-36(2,35(38)43)44-33-30-8-4-3-7-26(30)14-15-31(33)27-17-21-41(22-18-27)20-6-5-19-39-34(42)29-12-10-28(11-13-29)32-16-9-25(23-37)24-40-32/h9-16,24,27H,3-8,17-22H2,1-2H3,(H2,38,43)(H,39,42). The molecule has 2 amide bonds. The van der Waals surface area contributed by atoms with Gasteiger partial charge in [-0.3, -0.25) is 14.6 Å². The Balaban J connectivity index is 1.07. The number of carbonyl (C=O) groups excluding carboxylic acids is 2. The summed E-state index contributed by atoms with van der Waals surface area (Å²) in [6.07, 6.45) is 9.99. The zero-order chi connectivity index (χ0) is 31.1. The highest BCUT2D eigenvalue weighted by atomic mass is 16.5. The summed E-state index contributed by atoms with van der Waals surface area (Å²) in [6.45, 7) is 7.22. The number of nitrogens with zero attached hydrogens (tertiary/aromatic N) is 3. The third-order valence-corrected chi connectivity index (χ3v) is 9.01. The summed E-state index contributed by atoms with van der Waals surface area (Å²) in [5, 5.41) is 12.0. The van der Waals surface area contributed by atoms with Gasteiger partial charge in [0.15, 0.2) is 5.60 Å². The largest absolute Gasteiger partial charge is 0.477 e. The summed E-state index contributed by atoms with van der Waals surface area (Å²) >= 11 is 0. The first-order valence-electron chi connectivity index (χ1n) is 15.9. The molecule has 8 nitrogen and oxygen atoms in total. The Labute approximate surface area is 260 Å². The number of likely N-dealkylation sites (tertiary alicyclic amines) is 1. The zero-order valence-electron chi connectivity index (χ0n) is 25.9. The van der Waals surface area contributed by atoms with Crippen LogP contribution in [0.3, 0.4) is 0 Å². The Morgan fingerprint density at radius 3 is 2.48 bits per heavy atom. The third-order valence-electron chi connectivity index (χ3n) is 9.01. The molecule has 230 valence electrons. The fraction of sp³-hybridized carbons (Fsp3) is 0.444. The molecule has 5 rings (SSSR count). The molecule has 1 aliphatic carbocycles. The lowest BCUT2D eigenvalue weighted by atomic mass is 9.83. The van der Waals surface area contributed by atoms with Gasteiger partial charge in [-0.15, -0.1) is 0 Å². The highest BCUT2D eigenvalue weighted by Gasteiger charge is 2.33. The monoisotopic (exact) mass is 593 g/mol. The number of aryl methyl sites for hydroxylation is 1. The number of rotatable bonds is 11. The van der Waals surface area contributed by atoms with Crippen molar-refractivity contribution in [3.05, 3.63) is 82.5 Å². The molecule has 3 aromatic rings. The van der Waals surface area contributed by atoms with Gasteiger partial charge in [0.25, 0.3) is 11.8 Å². The van der Waals surface area contributed by atoms with Crippen molar-refractivity contribution >= 4 is 11.8 Å². The number of unbranched alkanes of at least 4 members (excludes halogenated alkanes) is 1. The maximum atomic E-state index is 12.6. The number of nitrogens with one attached hydrogen (secondary N) is 1. The highest BCUT2D eigenvalue weighted by Crippen LogP contribution is 2.41. The lowest BCUT2D eigenvalue weighted by Gasteiger charge is -2.35. The van der Waals surface area contributed by atoms with Crippen molar-refractivity contribution in [2.24, 2.45) is 5.73 Å². The molecular formula is C36H43N5O3. The van der Waals surface area contributed by atoms with Crippen LogP contribution in [0.4, 0.5) is 0 Å². The first kappa shape index (κ1) is 31.2. The summed E-state index contributed by atoms with van der Waals surface area (Å²) in [5.74, 6) is 0.780. The molecule has 2 aliphatic rings. The van der Waals surface area contributed by atoms with E-state index < -0.39 is 11.5 Å². The van der Waals surface area contributed by atoms with Crippen LogP contribution in [-0.4, -0.2) is 53.5 Å². The summed E-state index contributed by atoms with van der Waals surface area (Å²) in [6, 6.07) is 17.5. The van der Waals surface area contributed by atoms with Gasteiger partial charge in [0, 0.05) is 23.9 Å². The van der Waals surface area contributed by atoms with Crippen LogP contribution < -0.4 is 15.8 Å². The van der Waals surface area contributed by atoms with Gasteiger partial charge in [-0.25, -0.2) is 0 Å². The summed E-state index contributed by atoms with van der Waals surface area (Å²) < 4.78 is 6.41. The van der Waals surface area contributed by atoms with E-state index in [2.05, 4.69) is 33.4 Å². The molecule has 2 aromatic carbocycles. The van der Waals surface area contributed by atoms with Crippen molar-refractivity contribution in [2.75, 3.05) is 26.2 Å². The third kappa shape index (κ3) is 7.46. The maximum absolute atomic E-state index is 12.6. The van der Waals surface area contributed by atoms with Crippen molar-refractivity contribution < 1.29 is 14.3 Å². The Hall–Kier alpha value is -4.22. The predicted molar refractivity (Wildman–Crippen MR) is 171 cm³/mol. The van der Waals surface area contributed by atoms with E-state index in [4.69, 9.17) is 15.7 Å². The van der Waals surface area contributed by atoms with E-state index in [1.54, 1.807) is 26.1 Å². The van der Waals surface area contributed by atoms with Crippen LogP contribution in [0.15, 0.2) is 54.7 Å². The Morgan fingerprint density at radius 2 is 1.80 bits per heavy atom. The molecule has 8 heteroatoms. The van der Waals surface area contributed by atoms with Gasteiger partial charge >= 0.3 is 0 Å². The van der Waals surface area contributed by atoms with E-state index in [1.807, 2.05) is 30.3 Å². The molecule has 2 heterocycles. The average Bonchev–Trinajstić information content (AvgIpc) is 3.05. The summed E-state index contributed by atoms with van der Waals surface area (Å²) in [7, 11) is 0. The van der Waals surface area contributed by atoms with E-state index >= 15 is 0 Å². The molecule has 0 atom stereocenters. The number of carbonyl (C=O) groups is 2. The van der Waals surface area contributed by atoms with Crippen LogP contribution in [0.1, 0.15) is 90.9 Å². The van der Waals surface area contributed by atoms with Crippen LogP contribution in [-0.2, 0) is 17.6 Å². The van der Waals surface area contributed by atoms with Gasteiger partial charge in [0.05, 0.1) is 11.3 Å². The van der Waals surface area contributed by atoms with Gasteiger partial charge in [-0.1, -0.05) is 24.3 Å². The smallest absolute Gasteiger partial charge is 0.261 e. The fourth-order valence-corrected chi connectivity index (χ4v) is 6.21. The second-order valence-corrected chi connectivity index (χ2v) is 12.5. The Bertz CT molecular complexity index is 1500. The fourth-order valence-electron chi connectivity index (χ4n) is 6.21. The number of amides is 2. The van der Waals surface area contributed by atoms with Crippen LogP contribution in [0.2, 0.25) is 0 Å². The lowest BCUT2D eigenvalue weighted by Crippen LogP contribution is -2.44. The van der Waals surface area contributed by atoms with Crippen LogP contribution in [0.5, 0.6) is 5.75 Å². The molecular weight excluding hydrogens is 550 g/mol. The highest BCUT2D eigenvalue weighted by molar-refractivity contribution is 5.94. The molecule has 1 aliphatic heterocycles. The molecule has 0 radical (unpaired) electrons. The van der Waals surface area contributed by atoms with Gasteiger partial charge in [-0.2, -0.15) is 5.26 Å². The van der Waals surface area contributed by atoms with Gasteiger partial charge in [0.2, 0.25) is 0 Å². The molecule has 3 N–H and O–H groups in total. The number of nitriles is 1. The number of piperidine rings is 1. The van der Waals surface area contributed by atoms with Crippen molar-refractivity contribution in [1.82, 2.24) is 15.2 Å². The molecule has 0 unspecified atom stereocenters. The van der Waals surface area contributed by atoms with E-state index in [1.165, 1.54) is 23.1 Å². The number of primary amides is 1. The molecule has 44 heavy (non-hydrogen) atoms. The second-order valence-electron chi connectivity index (χ2n) is 12.5. The van der Waals surface area contributed by atoms with Gasteiger partial charge < -0.3 is 20.7 Å². The maximum Gasteiger partial charge on any atom is 0.261 e. The quantitative estimate of drug-likeness (QED) is 0.282. The molecule has 0 spiro atoms. The molecule has 0 saturated carbocycles. The van der Waals surface area contributed by atoms with Gasteiger partial charge in [-0.05, 0) is 132 Å². The summed E-state index contributed by atoms with van der Waals surface area (Å²) in [5.41, 5.74) is 11.3. The number of hydrogen-bond acceptors (Lipinski definition) is 6. The first-order valence-corrected chi connectivity index (χ1v) is 15.9. The zero-order valence-corrected chi connectivity index (χ0v) is 25.9. The molecule has 0 bridgehead atoms. The Kier molecular flexibility index (Phi) is 9.96. The minimum atomic E-state index is -1.05. The number of pyridine rings is 1. The normalized spacial score (nSPS) is 15.7. The van der Waals surface area contributed by atoms with Crippen molar-refractivity contribution in [3.8, 4) is 23.1 Å². The molecule has 1 aromatic heterocycles. The van der Waals surface area contributed by atoms with E-state index in [0.717, 1.165) is 81.6 Å². The van der Waals surface area contributed by atoms with Crippen molar-refractivity contribution in [1.29, 1.82) is 5.26 Å². The second kappa shape index (κ2) is 14.0. The summed E-state index contributed by atoms with van der Waals surface area (Å²) in [4.78, 5) is 31.6. The topological polar surface area (TPSA) is 121 Å². The minimum absolute atomic E-state index is 0.0762. The Morgan fingerprint density at radius 1 is 1.05 bits per heavy atom. The van der Waals surface area contributed by atoms with Gasteiger partial charge in [0.1, 0.15) is 11.8 Å².